The monoisotopic (exact) mass is 223 g/mol. The molecule has 16 heavy (non-hydrogen) atoms. The summed E-state index contributed by atoms with van der Waals surface area (Å²) in [6.45, 7) is 5.04. The Hall–Kier alpha value is -1.36. The van der Waals surface area contributed by atoms with Crippen LogP contribution >= 0.6 is 0 Å². The summed E-state index contributed by atoms with van der Waals surface area (Å²) in [6, 6.07) is -0.452. The molecule has 0 saturated carbocycles. The number of aryl methyl sites for hydroxylation is 1. The van der Waals surface area contributed by atoms with Crippen LogP contribution in [0.3, 0.4) is 0 Å². The Morgan fingerprint density at radius 3 is 3.12 bits per heavy atom. The average molecular weight is 223 g/mol. The second-order valence-corrected chi connectivity index (χ2v) is 4.25. The van der Waals surface area contributed by atoms with E-state index in [1.54, 1.807) is 0 Å². The van der Waals surface area contributed by atoms with Gasteiger partial charge in [0, 0.05) is 19.0 Å². The Morgan fingerprint density at radius 2 is 2.50 bits per heavy atom. The highest BCUT2D eigenvalue weighted by molar-refractivity contribution is 5.74. The molecular weight excluding hydrogens is 206 g/mol. The zero-order valence-electron chi connectivity index (χ0n) is 9.60. The lowest BCUT2D eigenvalue weighted by Gasteiger charge is -2.27. The van der Waals surface area contributed by atoms with Crippen molar-refractivity contribution in [2.24, 2.45) is 0 Å². The van der Waals surface area contributed by atoms with E-state index in [-0.39, 0.29) is 6.04 Å². The highest BCUT2D eigenvalue weighted by Gasteiger charge is 2.31. The minimum Gasteiger partial charge on any atom is -0.480 e. The smallest absolute Gasteiger partial charge is 0.321 e. The number of carboxylic acid groups (broad SMARTS) is 1. The van der Waals surface area contributed by atoms with E-state index >= 15 is 0 Å². The first-order valence-electron chi connectivity index (χ1n) is 5.66. The molecule has 2 atom stereocenters. The molecule has 0 radical (unpaired) electrons. The van der Waals surface area contributed by atoms with Gasteiger partial charge in [0.1, 0.15) is 6.04 Å². The first-order chi connectivity index (χ1) is 7.63. The van der Waals surface area contributed by atoms with Gasteiger partial charge in [0.25, 0.3) is 0 Å². The zero-order chi connectivity index (χ0) is 11.7. The minimum absolute atomic E-state index is 0.0545. The van der Waals surface area contributed by atoms with Crippen molar-refractivity contribution in [1.29, 1.82) is 0 Å². The van der Waals surface area contributed by atoms with Gasteiger partial charge in [0.15, 0.2) is 0 Å². The van der Waals surface area contributed by atoms with E-state index in [0.29, 0.717) is 6.42 Å². The van der Waals surface area contributed by atoms with Crippen LogP contribution < -0.4 is 5.32 Å². The Labute approximate surface area is 94.5 Å². The molecule has 5 heteroatoms. The van der Waals surface area contributed by atoms with Crippen molar-refractivity contribution in [1.82, 2.24) is 14.9 Å². The predicted octanol–water partition coefficient (Wildman–Crippen LogP) is 0.953. The molecule has 0 fully saturated rings. The van der Waals surface area contributed by atoms with Crippen LogP contribution in [-0.4, -0.2) is 26.7 Å². The third kappa shape index (κ3) is 1.82. The van der Waals surface area contributed by atoms with E-state index in [2.05, 4.69) is 21.8 Å². The summed E-state index contributed by atoms with van der Waals surface area (Å²) in [5, 5.41) is 12.1. The van der Waals surface area contributed by atoms with Crippen molar-refractivity contribution in [3.05, 3.63) is 17.7 Å². The number of hydrogen-bond donors (Lipinski definition) is 2. The molecule has 2 N–H and O–H groups in total. The Bertz CT molecular complexity index is 400. The highest BCUT2D eigenvalue weighted by Crippen LogP contribution is 2.24. The van der Waals surface area contributed by atoms with Gasteiger partial charge in [-0.1, -0.05) is 6.92 Å². The van der Waals surface area contributed by atoms with Gasteiger partial charge in [0.2, 0.25) is 0 Å². The van der Waals surface area contributed by atoms with Crippen LogP contribution in [0.25, 0.3) is 0 Å². The van der Waals surface area contributed by atoms with Gasteiger partial charge in [0.05, 0.1) is 17.7 Å². The third-order valence-corrected chi connectivity index (χ3v) is 2.98. The van der Waals surface area contributed by atoms with Crippen molar-refractivity contribution in [3.63, 3.8) is 0 Å². The van der Waals surface area contributed by atoms with Crippen molar-refractivity contribution in [2.75, 3.05) is 0 Å². The molecule has 5 nitrogen and oxygen atoms in total. The largest absolute Gasteiger partial charge is 0.480 e. The molecule has 0 aromatic carbocycles. The number of rotatable bonds is 3. The lowest BCUT2D eigenvalue weighted by molar-refractivity contribution is -0.139. The van der Waals surface area contributed by atoms with Crippen LogP contribution in [0.15, 0.2) is 6.33 Å². The van der Waals surface area contributed by atoms with Crippen molar-refractivity contribution >= 4 is 5.97 Å². The Balaban J connectivity index is 2.28. The van der Waals surface area contributed by atoms with Crippen LogP contribution in [0.5, 0.6) is 0 Å². The summed E-state index contributed by atoms with van der Waals surface area (Å²) in [7, 11) is 0. The van der Waals surface area contributed by atoms with E-state index in [1.165, 1.54) is 0 Å². The molecule has 2 unspecified atom stereocenters. The molecule has 1 aromatic heterocycles. The fourth-order valence-corrected chi connectivity index (χ4v) is 2.30. The normalized spacial score (nSPS) is 24.1. The van der Waals surface area contributed by atoms with Gasteiger partial charge in [-0.15, -0.1) is 0 Å². The molecule has 0 saturated heterocycles. The first kappa shape index (κ1) is 11.1. The lowest BCUT2D eigenvalue weighted by Crippen LogP contribution is -2.44. The number of aromatic nitrogens is 2. The molecular formula is C11H17N3O2. The maximum absolute atomic E-state index is 10.9. The molecule has 2 rings (SSSR count). The number of carboxylic acids is 1. The maximum atomic E-state index is 10.9. The Kier molecular flexibility index (Phi) is 2.96. The molecule has 0 bridgehead atoms. The Morgan fingerprint density at radius 1 is 1.75 bits per heavy atom. The number of fused-ring (bicyclic) bond motifs is 1. The quantitative estimate of drug-likeness (QED) is 0.800. The van der Waals surface area contributed by atoms with Crippen LogP contribution in [0.1, 0.15) is 37.7 Å². The molecule has 0 spiro atoms. The summed E-state index contributed by atoms with van der Waals surface area (Å²) < 4.78 is 2.12. The van der Waals surface area contributed by atoms with Crippen LogP contribution in [0.4, 0.5) is 0 Å². The number of hydrogen-bond acceptors (Lipinski definition) is 3. The molecule has 0 amide bonds. The van der Waals surface area contributed by atoms with Crippen molar-refractivity contribution in [3.8, 4) is 0 Å². The second-order valence-electron chi connectivity index (χ2n) is 4.25. The van der Waals surface area contributed by atoms with Crippen LogP contribution in [0, 0.1) is 0 Å². The number of nitrogens with zero attached hydrogens (tertiary/aromatic N) is 2. The first-order valence-corrected chi connectivity index (χ1v) is 5.66. The summed E-state index contributed by atoms with van der Waals surface area (Å²) >= 11 is 0. The summed E-state index contributed by atoms with van der Waals surface area (Å²) in [5.74, 6) is -0.803. The summed E-state index contributed by atoms with van der Waals surface area (Å²) in [6.07, 6.45) is 3.35. The number of nitrogens with one attached hydrogen (secondary N) is 1. The fourth-order valence-electron chi connectivity index (χ4n) is 2.30. The molecule has 1 aliphatic rings. The van der Waals surface area contributed by atoms with Gasteiger partial charge in [-0.2, -0.15) is 0 Å². The van der Waals surface area contributed by atoms with Crippen molar-refractivity contribution in [2.45, 2.75) is 45.3 Å². The number of imidazole rings is 1. The van der Waals surface area contributed by atoms with Gasteiger partial charge in [-0.3, -0.25) is 10.1 Å². The maximum Gasteiger partial charge on any atom is 0.321 e. The molecule has 1 aromatic rings. The topological polar surface area (TPSA) is 67.2 Å². The van der Waals surface area contributed by atoms with Gasteiger partial charge < -0.3 is 9.67 Å². The highest BCUT2D eigenvalue weighted by atomic mass is 16.4. The van der Waals surface area contributed by atoms with Crippen molar-refractivity contribution < 1.29 is 9.90 Å². The molecule has 0 aliphatic carbocycles. The fraction of sp³-hybridized carbons (Fsp3) is 0.636. The van der Waals surface area contributed by atoms with E-state index in [9.17, 15) is 4.79 Å². The molecule has 1 aliphatic heterocycles. The zero-order valence-corrected chi connectivity index (χ0v) is 9.60. The van der Waals surface area contributed by atoms with Gasteiger partial charge in [-0.25, -0.2) is 4.98 Å². The van der Waals surface area contributed by atoms with Gasteiger partial charge >= 0.3 is 5.97 Å². The second kappa shape index (κ2) is 4.25. The molecule has 2 heterocycles. The summed E-state index contributed by atoms with van der Waals surface area (Å²) in [4.78, 5) is 15.3. The van der Waals surface area contributed by atoms with Crippen LogP contribution in [-0.2, 0) is 17.8 Å². The lowest BCUT2D eigenvalue weighted by atomic mass is 10.00. The third-order valence-electron chi connectivity index (χ3n) is 2.98. The van der Waals surface area contributed by atoms with E-state index < -0.39 is 12.0 Å². The average Bonchev–Trinajstić information content (AvgIpc) is 2.62. The molecule has 88 valence electrons. The van der Waals surface area contributed by atoms with E-state index in [1.807, 2.05) is 13.3 Å². The van der Waals surface area contributed by atoms with E-state index in [0.717, 1.165) is 24.4 Å². The SMILES string of the molecule is CCCn1cnc2c1C(C)NC(C(=O)O)C2. The number of carbonyl (C=O) groups is 1. The minimum atomic E-state index is -0.803. The standard InChI is InChI=1S/C11H17N3O2/c1-3-4-14-6-12-8-5-9(11(15)16)13-7(2)10(8)14/h6-7,9,13H,3-5H2,1-2H3,(H,15,16). The number of aliphatic carboxylic acids is 1. The van der Waals surface area contributed by atoms with Crippen LogP contribution in [0.2, 0.25) is 0 Å². The summed E-state index contributed by atoms with van der Waals surface area (Å²) in [5.41, 5.74) is 2.06. The predicted molar refractivity (Wildman–Crippen MR) is 59.2 cm³/mol. The van der Waals surface area contributed by atoms with E-state index in [4.69, 9.17) is 5.11 Å². The van der Waals surface area contributed by atoms with Gasteiger partial charge in [-0.05, 0) is 13.3 Å².